The summed E-state index contributed by atoms with van der Waals surface area (Å²) in [6.45, 7) is 6.70. The molecule has 0 bridgehead atoms. The van der Waals surface area contributed by atoms with E-state index in [1.807, 2.05) is 31.2 Å². The summed E-state index contributed by atoms with van der Waals surface area (Å²) in [6.07, 6.45) is 0. The van der Waals surface area contributed by atoms with E-state index in [-0.39, 0.29) is 11.6 Å². The second-order valence-electron chi connectivity index (χ2n) is 6.93. The van der Waals surface area contributed by atoms with Crippen LogP contribution in [0, 0.1) is 12.8 Å². The van der Waals surface area contributed by atoms with E-state index in [1.165, 1.54) is 0 Å². The van der Waals surface area contributed by atoms with Crippen LogP contribution in [0.25, 0.3) is 10.9 Å². The van der Waals surface area contributed by atoms with E-state index in [9.17, 15) is 9.90 Å². The number of ether oxygens (including phenoxy) is 1. The number of methoxy groups -OCH3 is 1. The van der Waals surface area contributed by atoms with Crippen molar-refractivity contribution in [2.24, 2.45) is 16.1 Å². The highest BCUT2D eigenvalue weighted by Gasteiger charge is 2.18. The highest BCUT2D eigenvalue weighted by molar-refractivity contribution is 5.98. The van der Waals surface area contributed by atoms with Crippen LogP contribution in [0.2, 0.25) is 0 Å². The number of hydrogen-bond acceptors (Lipinski definition) is 4. The molecule has 6 nitrogen and oxygen atoms in total. The van der Waals surface area contributed by atoms with Gasteiger partial charge in [0.1, 0.15) is 5.75 Å². The van der Waals surface area contributed by atoms with Gasteiger partial charge in [0.05, 0.1) is 12.6 Å². The van der Waals surface area contributed by atoms with Gasteiger partial charge in [0.15, 0.2) is 5.69 Å². The van der Waals surface area contributed by atoms with Crippen LogP contribution in [0.1, 0.15) is 29.8 Å². The van der Waals surface area contributed by atoms with Gasteiger partial charge < -0.3 is 14.4 Å². The first-order valence-electron chi connectivity index (χ1n) is 8.82. The molecule has 27 heavy (non-hydrogen) atoms. The van der Waals surface area contributed by atoms with Gasteiger partial charge in [0.25, 0.3) is 5.91 Å². The van der Waals surface area contributed by atoms with Gasteiger partial charge >= 0.3 is 0 Å². The molecule has 0 atom stereocenters. The maximum atomic E-state index is 12.3. The van der Waals surface area contributed by atoms with Gasteiger partial charge in [-0.25, -0.2) is 0 Å². The van der Waals surface area contributed by atoms with Crippen molar-refractivity contribution in [3.05, 3.63) is 53.6 Å². The van der Waals surface area contributed by atoms with Crippen LogP contribution in [0.15, 0.2) is 52.7 Å². The summed E-state index contributed by atoms with van der Waals surface area (Å²) in [5.41, 5.74) is 2.60. The fourth-order valence-electron chi connectivity index (χ4n) is 2.93. The van der Waals surface area contributed by atoms with Gasteiger partial charge in [-0.05, 0) is 43.2 Å². The van der Waals surface area contributed by atoms with Crippen LogP contribution < -0.4 is 4.74 Å². The zero-order valence-corrected chi connectivity index (χ0v) is 15.9. The van der Waals surface area contributed by atoms with E-state index in [1.54, 1.807) is 29.9 Å². The standard InChI is InChI=1S/C21H23N3O3/c1-13(2)12-24-18-10-9-16(27-4)11-17(18)19(21(24)26)22-23-20(25)15-7-5-14(3)6-8-15/h5-11,13,26H,12H2,1-4H3. The summed E-state index contributed by atoms with van der Waals surface area (Å²) in [4.78, 5) is 12.3. The second-order valence-corrected chi connectivity index (χ2v) is 6.93. The van der Waals surface area contributed by atoms with E-state index in [0.717, 1.165) is 11.1 Å². The molecule has 0 aliphatic rings. The number of aromatic nitrogens is 1. The normalized spacial score (nSPS) is 11.6. The predicted octanol–water partition coefficient (Wildman–Crippen LogP) is 5.24. The summed E-state index contributed by atoms with van der Waals surface area (Å²) in [5.74, 6) is 0.507. The largest absolute Gasteiger partial charge is 0.497 e. The molecule has 0 spiro atoms. The lowest BCUT2D eigenvalue weighted by molar-refractivity contribution is 0.0995. The molecule has 2 aromatic carbocycles. The second kappa shape index (κ2) is 7.61. The molecule has 1 N–H and O–H groups in total. The quantitative estimate of drug-likeness (QED) is 0.628. The zero-order chi connectivity index (χ0) is 19.6. The molecule has 140 valence electrons. The summed E-state index contributed by atoms with van der Waals surface area (Å²) in [7, 11) is 1.58. The number of benzene rings is 2. The maximum Gasteiger partial charge on any atom is 0.295 e. The van der Waals surface area contributed by atoms with Crippen molar-refractivity contribution in [1.82, 2.24) is 4.57 Å². The number of amides is 1. The molecule has 0 saturated heterocycles. The van der Waals surface area contributed by atoms with Gasteiger partial charge in [0.2, 0.25) is 5.88 Å². The third-order valence-corrected chi connectivity index (χ3v) is 4.30. The Morgan fingerprint density at radius 1 is 1.19 bits per heavy atom. The van der Waals surface area contributed by atoms with Gasteiger partial charge in [-0.15, -0.1) is 10.2 Å². The Labute approximate surface area is 158 Å². The first-order chi connectivity index (χ1) is 12.9. The zero-order valence-electron chi connectivity index (χ0n) is 15.9. The summed E-state index contributed by atoms with van der Waals surface area (Å²) in [6, 6.07) is 12.6. The van der Waals surface area contributed by atoms with E-state index < -0.39 is 5.91 Å². The summed E-state index contributed by atoms with van der Waals surface area (Å²) >= 11 is 0. The third-order valence-electron chi connectivity index (χ3n) is 4.30. The van der Waals surface area contributed by atoms with Gasteiger partial charge in [-0.2, -0.15) is 0 Å². The number of carbonyl (C=O) groups is 1. The Morgan fingerprint density at radius 3 is 2.52 bits per heavy atom. The van der Waals surface area contributed by atoms with E-state index >= 15 is 0 Å². The lowest BCUT2D eigenvalue weighted by Gasteiger charge is -2.09. The lowest BCUT2D eigenvalue weighted by atomic mass is 10.1. The Hall–Kier alpha value is -3.15. The van der Waals surface area contributed by atoms with Crippen molar-refractivity contribution < 1.29 is 14.6 Å². The fraction of sp³-hybridized carbons (Fsp3) is 0.286. The first kappa shape index (κ1) is 18.6. The van der Waals surface area contributed by atoms with Gasteiger partial charge in [-0.3, -0.25) is 4.79 Å². The minimum absolute atomic E-state index is 0.00703. The number of carbonyl (C=O) groups excluding carboxylic acids is 1. The molecule has 3 aromatic rings. The maximum absolute atomic E-state index is 12.3. The molecule has 0 aliphatic carbocycles. The van der Waals surface area contributed by atoms with Crippen LogP contribution in [0.5, 0.6) is 11.6 Å². The molecule has 0 saturated carbocycles. The lowest BCUT2D eigenvalue weighted by Crippen LogP contribution is -2.03. The van der Waals surface area contributed by atoms with Crippen molar-refractivity contribution in [2.75, 3.05) is 7.11 Å². The molecule has 6 heteroatoms. The van der Waals surface area contributed by atoms with Crippen LogP contribution in [-0.4, -0.2) is 22.7 Å². The summed E-state index contributed by atoms with van der Waals surface area (Å²) < 4.78 is 7.07. The van der Waals surface area contributed by atoms with E-state index in [0.29, 0.717) is 29.2 Å². The fourth-order valence-corrected chi connectivity index (χ4v) is 2.93. The predicted molar refractivity (Wildman–Crippen MR) is 105 cm³/mol. The SMILES string of the molecule is COc1ccc2c(c1)c(N=NC(=O)c1ccc(C)cc1)c(O)n2CC(C)C. The molecule has 1 amide bonds. The van der Waals surface area contributed by atoms with Gasteiger partial charge in [0, 0.05) is 17.5 Å². The van der Waals surface area contributed by atoms with Crippen molar-refractivity contribution in [1.29, 1.82) is 0 Å². The Bertz CT molecular complexity index is 1000. The van der Waals surface area contributed by atoms with Crippen LogP contribution in [-0.2, 0) is 6.54 Å². The minimum Gasteiger partial charge on any atom is -0.497 e. The number of nitrogens with zero attached hydrogens (tertiary/aromatic N) is 3. The van der Waals surface area contributed by atoms with E-state index in [4.69, 9.17) is 4.74 Å². The molecule has 0 fully saturated rings. The van der Waals surface area contributed by atoms with Crippen molar-refractivity contribution >= 4 is 22.5 Å². The van der Waals surface area contributed by atoms with Crippen molar-refractivity contribution in [2.45, 2.75) is 27.3 Å². The van der Waals surface area contributed by atoms with Crippen molar-refractivity contribution in [3.63, 3.8) is 0 Å². The Morgan fingerprint density at radius 2 is 1.89 bits per heavy atom. The average molecular weight is 365 g/mol. The van der Waals surface area contributed by atoms with E-state index in [2.05, 4.69) is 24.1 Å². The van der Waals surface area contributed by atoms with Crippen LogP contribution in [0.4, 0.5) is 5.69 Å². The molecular formula is C21H23N3O3. The number of aromatic hydroxyl groups is 1. The summed E-state index contributed by atoms with van der Waals surface area (Å²) in [5, 5.41) is 19.3. The molecule has 1 heterocycles. The molecular weight excluding hydrogens is 342 g/mol. The van der Waals surface area contributed by atoms with Crippen LogP contribution >= 0.6 is 0 Å². The average Bonchev–Trinajstić information content (AvgIpc) is 2.90. The first-order valence-corrected chi connectivity index (χ1v) is 8.82. The van der Waals surface area contributed by atoms with Crippen LogP contribution in [0.3, 0.4) is 0 Å². The van der Waals surface area contributed by atoms with Gasteiger partial charge in [-0.1, -0.05) is 31.5 Å². The number of rotatable bonds is 5. The third kappa shape index (κ3) is 3.84. The molecule has 3 rings (SSSR count). The number of azo groups is 1. The molecule has 0 unspecified atom stereocenters. The highest BCUT2D eigenvalue weighted by Crippen LogP contribution is 2.41. The topological polar surface area (TPSA) is 76.2 Å². The molecule has 0 aliphatic heterocycles. The smallest absolute Gasteiger partial charge is 0.295 e. The highest BCUT2D eigenvalue weighted by atomic mass is 16.5. The Balaban J connectivity index is 2.05. The Kier molecular flexibility index (Phi) is 5.26. The number of aryl methyl sites for hydroxylation is 1. The van der Waals surface area contributed by atoms with Crippen molar-refractivity contribution in [3.8, 4) is 11.6 Å². The number of fused-ring (bicyclic) bond motifs is 1. The number of hydrogen-bond donors (Lipinski definition) is 1. The molecule has 1 aromatic heterocycles. The molecule has 0 radical (unpaired) electrons. The minimum atomic E-state index is -0.456. The monoisotopic (exact) mass is 365 g/mol.